The second kappa shape index (κ2) is 23.6. The van der Waals surface area contributed by atoms with Crippen LogP contribution in [0.2, 0.25) is 0 Å². The number of sulfone groups is 1. The van der Waals surface area contributed by atoms with Crippen molar-refractivity contribution in [2.75, 3.05) is 12.3 Å². The van der Waals surface area contributed by atoms with Crippen LogP contribution in [0.25, 0.3) is 0 Å². The van der Waals surface area contributed by atoms with Gasteiger partial charge in [-0.15, -0.1) is 0 Å². The van der Waals surface area contributed by atoms with Gasteiger partial charge in [0.2, 0.25) is 5.91 Å². The van der Waals surface area contributed by atoms with Crippen molar-refractivity contribution in [3.8, 4) is 0 Å². The van der Waals surface area contributed by atoms with Crippen molar-refractivity contribution in [2.24, 2.45) is 5.73 Å². The van der Waals surface area contributed by atoms with Crippen molar-refractivity contribution >= 4 is 27.7 Å². The third kappa shape index (κ3) is 17.6. The van der Waals surface area contributed by atoms with Gasteiger partial charge in [0.15, 0.2) is 9.84 Å². The van der Waals surface area contributed by atoms with E-state index in [0.717, 1.165) is 41.3 Å². The van der Waals surface area contributed by atoms with Gasteiger partial charge in [0.05, 0.1) is 11.0 Å². The van der Waals surface area contributed by atoms with Gasteiger partial charge in [0.25, 0.3) is 0 Å². The minimum absolute atomic E-state index is 0.0267. The van der Waals surface area contributed by atoms with Gasteiger partial charge in [0.1, 0.15) is 23.8 Å². The van der Waals surface area contributed by atoms with Gasteiger partial charge in [-0.25, -0.2) is 26.8 Å². The summed E-state index contributed by atoms with van der Waals surface area (Å²) in [6.45, 7) is 6.35. The number of nitrogens with two attached hydrogens (primary N) is 1. The molecule has 0 saturated carbocycles. The van der Waals surface area contributed by atoms with Crippen LogP contribution in [0.5, 0.6) is 0 Å². The zero-order chi connectivity index (χ0) is 41.9. The average molecular weight is 814 g/mol. The van der Waals surface area contributed by atoms with Crippen LogP contribution in [0.1, 0.15) is 75.1 Å². The van der Waals surface area contributed by atoms with Gasteiger partial charge >= 0.3 is 18.1 Å². The molecule has 3 rings (SSSR count). The zero-order valence-electron chi connectivity index (χ0n) is 31.8. The van der Waals surface area contributed by atoms with E-state index >= 15 is 0 Å². The first-order valence-corrected chi connectivity index (χ1v) is 20.1. The summed E-state index contributed by atoms with van der Waals surface area (Å²) in [4.78, 5) is 35.9. The van der Waals surface area contributed by atoms with Gasteiger partial charge in [-0.3, -0.25) is 4.79 Å². The van der Waals surface area contributed by atoms with Crippen LogP contribution in [0.15, 0.2) is 72.8 Å². The quantitative estimate of drug-likeness (QED) is 0.0721. The number of alkyl halides is 3. The van der Waals surface area contributed by atoms with Crippen LogP contribution in [0.4, 0.5) is 22.0 Å². The van der Waals surface area contributed by atoms with E-state index in [-0.39, 0.29) is 24.9 Å². The molecule has 56 heavy (non-hydrogen) atoms. The number of amides is 1. The molecule has 3 aromatic rings. The monoisotopic (exact) mass is 813 g/mol. The largest absolute Gasteiger partial charge is 0.490 e. The predicted molar refractivity (Wildman–Crippen MR) is 203 cm³/mol. The molecule has 310 valence electrons. The molecule has 0 spiro atoms. The molecule has 0 aromatic heterocycles. The molecule has 10 nitrogen and oxygen atoms in total. The maximum atomic E-state index is 14.0. The number of carbonyl (C=O) groups excluding carboxylic acids is 2. The third-order valence-corrected chi connectivity index (χ3v) is 11.0. The Morgan fingerprint density at radius 1 is 0.839 bits per heavy atom. The van der Waals surface area contributed by atoms with Crippen LogP contribution in [0.3, 0.4) is 0 Å². The Bertz CT molecular complexity index is 1770. The Kier molecular flexibility index (Phi) is 20.1. The number of carboxylic acid groups (broad SMARTS) is 1. The Morgan fingerprint density at radius 3 is 1.96 bits per heavy atom. The summed E-state index contributed by atoms with van der Waals surface area (Å²) in [5.74, 6) is -6.34. The van der Waals surface area contributed by atoms with Crippen molar-refractivity contribution in [1.29, 1.82) is 0 Å². The molecule has 3 atom stereocenters. The number of rotatable bonds is 21. The molecule has 0 saturated heterocycles. The van der Waals surface area contributed by atoms with Crippen molar-refractivity contribution in [1.82, 2.24) is 10.6 Å². The molecule has 0 heterocycles. The highest BCUT2D eigenvalue weighted by Crippen LogP contribution is 2.19. The summed E-state index contributed by atoms with van der Waals surface area (Å²) in [7, 11) is -3.82. The van der Waals surface area contributed by atoms with Gasteiger partial charge in [-0.2, -0.15) is 13.2 Å². The van der Waals surface area contributed by atoms with E-state index < -0.39 is 74.7 Å². The van der Waals surface area contributed by atoms with Gasteiger partial charge in [-0.05, 0) is 66.5 Å². The number of ether oxygens (including phenoxy) is 1. The highest BCUT2D eigenvalue weighted by atomic mass is 32.2. The number of carbonyl (C=O) groups is 3. The Balaban J connectivity index is 0.00000141. The van der Waals surface area contributed by atoms with Crippen molar-refractivity contribution in [3.05, 3.63) is 107 Å². The SMILES string of the molecule is CCCC(CCC)S(=O)(=O)C[C@H](NC(=O)CCc1ccccc1)C(=O)O[C@H](CNCc1cccc(CC)c1)[C@@H](N)Cc1cc(F)cc(F)c1.O=C(O)C(F)(F)F. The number of benzene rings is 3. The highest BCUT2D eigenvalue weighted by Gasteiger charge is 2.38. The molecule has 16 heteroatoms. The van der Waals surface area contributed by atoms with E-state index in [4.69, 9.17) is 20.4 Å². The number of aliphatic carboxylic acids is 1. The van der Waals surface area contributed by atoms with Crippen molar-refractivity contribution in [2.45, 2.75) is 108 Å². The van der Waals surface area contributed by atoms with Crippen molar-refractivity contribution < 1.29 is 54.6 Å². The number of esters is 1. The summed E-state index contributed by atoms with van der Waals surface area (Å²) in [5, 5.41) is 12.3. The molecule has 0 radical (unpaired) electrons. The summed E-state index contributed by atoms with van der Waals surface area (Å²) >= 11 is 0. The normalized spacial score (nSPS) is 13.2. The minimum atomic E-state index is -5.08. The molecule has 5 N–H and O–H groups in total. The number of halogens is 5. The minimum Gasteiger partial charge on any atom is -0.475 e. The van der Waals surface area contributed by atoms with Crippen LogP contribution in [-0.4, -0.2) is 73.3 Å². The lowest BCUT2D eigenvalue weighted by atomic mass is 10.0. The Morgan fingerprint density at radius 2 is 1.41 bits per heavy atom. The van der Waals surface area contributed by atoms with E-state index in [1.165, 1.54) is 0 Å². The lowest BCUT2D eigenvalue weighted by Gasteiger charge is -2.28. The third-order valence-electron chi connectivity index (χ3n) is 8.69. The first-order chi connectivity index (χ1) is 26.4. The van der Waals surface area contributed by atoms with Gasteiger partial charge in [-0.1, -0.05) is 88.2 Å². The lowest BCUT2D eigenvalue weighted by molar-refractivity contribution is -0.192. The molecular formula is C40H52F5N3O7S. The van der Waals surface area contributed by atoms with Crippen LogP contribution < -0.4 is 16.4 Å². The van der Waals surface area contributed by atoms with Crippen LogP contribution in [-0.2, 0) is 54.8 Å². The second-order valence-corrected chi connectivity index (χ2v) is 15.7. The molecule has 0 bridgehead atoms. The molecule has 0 fully saturated rings. The molecule has 0 aliphatic rings. The number of nitrogens with one attached hydrogen (secondary N) is 2. The predicted octanol–water partition coefficient (Wildman–Crippen LogP) is 6.23. The van der Waals surface area contributed by atoms with Crippen LogP contribution >= 0.6 is 0 Å². The number of carboxylic acids is 1. The first kappa shape index (κ1) is 47.7. The Labute approximate surface area is 325 Å². The second-order valence-electron chi connectivity index (χ2n) is 13.4. The smallest absolute Gasteiger partial charge is 0.475 e. The molecule has 3 aromatic carbocycles. The fraction of sp³-hybridized carbons (Fsp3) is 0.475. The van der Waals surface area contributed by atoms with E-state index in [2.05, 4.69) is 23.6 Å². The van der Waals surface area contributed by atoms with E-state index in [1.807, 2.05) is 62.4 Å². The number of aryl methyl sites for hydroxylation is 2. The standard InChI is InChI=1S/C38H51F2N3O5S.C2HF3O2/c1-4-11-33(12-5-2)49(46,47)26-35(43-37(44)18-17-28-13-8-7-9-14-28)38(45)48-36(25-42-24-29-16-10-15-27(6-3)19-29)34(41)22-30-20-31(39)23-32(40)21-30;3-2(4,5)1(6)7/h7-10,13-16,19-21,23,33-36,42H,4-6,11-12,17-18,22,24-26,41H2,1-3H3,(H,43,44);(H,6,7)/t34-,35-,36+;/m0./s1. The molecule has 0 aliphatic carbocycles. The number of hydrogen-bond donors (Lipinski definition) is 4. The van der Waals surface area contributed by atoms with E-state index in [9.17, 15) is 40.0 Å². The van der Waals surface area contributed by atoms with E-state index in [1.54, 1.807) is 0 Å². The fourth-order valence-electron chi connectivity index (χ4n) is 5.82. The maximum Gasteiger partial charge on any atom is 0.490 e. The summed E-state index contributed by atoms with van der Waals surface area (Å²) in [5.41, 5.74) is 9.87. The van der Waals surface area contributed by atoms with Crippen molar-refractivity contribution in [3.63, 3.8) is 0 Å². The van der Waals surface area contributed by atoms with Gasteiger partial charge in [0, 0.05) is 31.6 Å². The molecule has 0 aliphatic heterocycles. The summed E-state index contributed by atoms with van der Waals surface area (Å²) in [6, 6.07) is 18.0. The summed E-state index contributed by atoms with van der Waals surface area (Å²) < 4.78 is 92.9. The Hall–Kier alpha value is -4.41. The first-order valence-electron chi connectivity index (χ1n) is 18.4. The highest BCUT2D eigenvalue weighted by molar-refractivity contribution is 7.92. The zero-order valence-corrected chi connectivity index (χ0v) is 32.6. The van der Waals surface area contributed by atoms with Crippen LogP contribution in [0, 0.1) is 11.6 Å². The number of hydrogen-bond acceptors (Lipinski definition) is 8. The summed E-state index contributed by atoms with van der Waals surface area (Å²) in [6.07, 6.45) is -2.68. The van der Waals surface area contributed by atoms with E-state index in [0.29, 0.717) is 38.6 Å². The molecule has 1 amide bonds. The molecule has 0 unspecified atom stereocenters. The maximum absolute atomic E-state index is 14.0. The lowest BCUT2D eigenvalue weighted by Crippen LogP contribution is -2.52. The molecular weight excluding hydrogens is 762 g/mol. The fourth-order valence-corrected chi connectivity index (χ4v) is 7.96. The average Bonchev–Trinajstić information content (AvgIpc) is 3.13. The van der Waals surface area contributed by atoms with Gasteiger partial charge < -0.3 is 26.2 Å². The topological polar surface area (TPSA) is 165 Å².